The highest BCUT2D eigenvalue weighted by atomic mass is 16.5. The van der Waals surface area contributed by atoms with Crippen LogP contribution in [0.15, 0.2) is 12.2 Å². The fraction of sp³-hybridized carbons (Fsp3) is 0.789. The highest BCUT2D eigenvalue weighted by molar-refractivity contribution is 6.00. The lowest BCUT2D eigenvalue weighted by Crippen LogP contribution is -2.55. The summed E-state index contributed by atoms with van der Waals surface area (Å²) >= 11 is 0. The van der Waals surface area contributed by atoms with Gasteiger partial charge in [0.05, 0.1) is 24.0 Å². The Bertz CT molecular complexity index is 554. The molecule has 2 fully saturated rings. The van der Waals surface area contributed by atoms with Gasteiger partial charge in [-0.3, -0.25) is 9.59 Å². The van der Waals surface area contributed by atoms with E-state index in [9.17, 15) is 9.59 Å². The summed E-state index contributed by atoms with van der Waals surface area (Å²) < 4.78 is 11.1. The number of methoxy groups -OCH3 is 2. The average Bonchev–Trinajstić information content (AvgIpc) is 3.27. The standard InChI is InChI=1S/C19H28O4/c1-5-7-10-18-13-8-11-17(23-4,12-9-13)19(18,14(20)6-2)15(18)16(21)22-3/h8,11,13,15H,5-7,9-10,12H2,1-4H3/t13-,15+,17-,18+,19+/m1/s1. The maximum atomic E-state index is 13.2. The molecular formula is C19H28O4. The van der Waals surface area contributed by atoms with Gasteiger partial charge in [0.15, 0.2) is 0 Å². The predicted molar refractivity (Wildman–Crippen MR) is 86.8 cm³/mol. The number of allylic oxidation sites excluding steroid dienone is 1. The molecule has 0 spiro atoms. The predicted octanol–water partition coefficient (Wildman–Crippen LogP) is 3.30. The number of ketones is 1. The van der Waals surface area contributed by atoms with Crippen molar-refractivity contribution in [2.75, 3.05) is 14.2 Å². The SMILES string of the molecule is CCCC[C@@]12[C@@H]3C=C[C@@](OC)(CC3)[C@]1(C(=O)CC)[C@H]2C(=O)OC. The molecule has 0 unspecified atom stereocenters. The first-order valence-corrected chi connectivity index (χ1v) is 8.88. The molecule has 4 aliphatic carbocycles. The monoisotopic (exact) mass is 320 g/mol. The van der Waals surface area contributed by atoms with E-state index in [1.54, 1.807) is 7.11 Å². The van der Waals surface area contributed by atoms with Gasteiger partial charge in [-0.05, 0) is 25.2 Å². The molecule has 0 radical (unpaired) electrons. The molecule has 128 valence electrons. The van der Waals surface area contributed by atoms with E-state index < -0.39 is 11.0 Å². The second-order valence-electron chi connectivity index (χ2n) is 7.28. The Hall–Kier alpha value is -1.16. The highest BCUT2D eigenvalue weighted by Gasteiger charge is 2.92. The minimum atomic E-state index is -0.719. The van der Waals surface area contributed by atoms with Gasteiger partial charge in [0, 0.05) is 18.9 Å². The topological polar surface area (TPSA) is 52.6 Å². The Kier molecular flexibility index (Phi) is 3.95. The summed E-state index contributed by atoms with van der Waals surface area (Å²) in [5.74, 6) is -0.146. The first-order chi connectivity index (χ1) is 11.0. The Labute approximate surface area is 138 Å². The van der Waals surface area contributed by atoms with Gasteiger partial charge in [0.2, 0.25) is 0 Å². The highest BCUT2D eigenvalue weighted by Crippen LogP contribution is 2.85. The lowest BCUT2D eigenvalue weighted by molar-refractivity contribution is -0.153. The Balaban J connectivity index is 2.19. The number of fused-ring (bicyclic) bond motifs is 1. The quantitative estimate of drug-likeness (QED) is 0.533. The molecule has 0 amide bonds. The second-order valence-corrected chi connectivity index (χ2v) is 7.28. The summed E-state index contributed by atoms with van der Waals surface area (Å²) in [6.07, 6.45) is 9.49. The third-order valence-corrected chi connectivity index (χ3v) is 6.86. The summed E-state index contributed by atoms with van der Waals surface area (Å²) in [6.45, 7) is 4.04. The van der Waals surface area contributed by atoms with E-state index in [0.29, 0.717) is 6.42 Å². The van der Waals surface area contributed by atoms with Crippen molar-refractivity contribution in [2.24, 2.45) is 22.7 Å². The third kappa shape index (κ3) is 1.66. The van der Waals surface area contributed by atoms with Gasteiger partial charge in [-0.15, -0.1) is 0 Å². The third-order valence-electron chi connectivity index (χ3n) is 6.86. The van der Waals surface area contributed by atoms with Gasteiger partial charge < -0.3 is 9.47 Å². The number of unbranched alkanes of at least 4 members (excludes halogenated alkanes) is 1. The number of esters is 1. The molecular weight excluding hydrogens is 292 g/mol. The Morgan fingerprint density at radius 1 is 1.26 bits per heavy atom. The number of hydrogen-bond donors (Lipinski definition) is 0. The van der Waals surface area contributed by atoms with Crippen LogP contribution >= 0.6 is 0 Å². The number of carbonyl (C=O) groups excluding carboxylic acids is 2. The van der Waals surface area contributed by atoms with Gasteiger partial charge in [0.1, 0.15) is 5.78 Å². The van der Waals surface area contributed by atoms with Crippen molar-refractivity contribution in [1.29, 1.82) is 0 Å². The zero-order chi connectivity index (χ0) is 16.9. The van der Waals surface area contributed by atoms with Gasteiger partial charge in [-0.25, -0.2) is 0 Å². The summed E-state index contributed by atoms with van der Waals surface area (Å²) in [4.78, 5) is 25.8. The summed E-state index contributed by atoms with van der Waals surface area (Å²) in [5, 5.41) is 0. The first kappa shape index (κ1) is 16.7. The lowest BCUT2D eigenvalue weighted by Gasteiger charge is -2.50. The van der Waals surface area contributed by atoms with Gasteiger partial charge in [0.25, 0.3) is 0 Å². The number of rotatable bonds is 7. The summed E-state index contributed by atoms with van der Waals surface area (Å²) in [5.41, 5.74) is -1.66. The molecule has 0 heterocycles. The Morgan fingerprint density at radius 3 is 2.48 bits per heavy atom. The zero-order valence-corrected chi connectivity index (χ0v) is 14.7. The maximum absolute atomic E-state index is 13.2. The van der Waals surface area contributed by atoms with Crippen molar-refractivity contribution in [1.82, 2.24) is 0 Å². The largest absolute Gasteiger partial charge is 0.469 e. The van der Waals surface area contributed by atoms with Crippen LogP contribution in [0, 0.1) is 22.7 Å². The molecule has 0 aromatic heterocycles. The first-order valence-electron chi connectivity index (χ1n) is 8.88. The molecule has 0 aliphatic heterocycles. The minimum Gasteiger partial charge on any atom is -0.469 e. The average molecular weight is 320 g/mol. The van der Waals surface area contributed by atoms with Crippen molar-refractivity contribution in [2.45, 2.75) is 58.0 Å². The van der Waals surface area contributed by atoms with Gasteiger partial charge in [-0.1, -0.05) is 38.8 Å². The van der Waals surface area contributed by atoms with Crippen LogP contribution < -0.4 is 0 Å². The van der Waals surface area contributed by atoms with Gasteiger partial charge in [-0.2, -0.15) is 0 Å². The van der Waals surface area contributed by atoms with E-state index >= 15 is 0 Å². The molecule has 4 heteroatoms. The summed E-state index contributed by atoms with van der Waals surface area (Å²) in [7, 11) is 3.11. The van der Waals surface area contributed by atoms with E-state index in [4.69, 9.17) is 9.47 Å². The van der Waals surface area contributed by atoms with Crippen LogP contribution in [0.1, 0.15) is 52.4 Å². The number of carbonyl (C=O) groups is 2. The molecule has 0 N–H and O–H groups in total. The normalized spacial score (nSPS) is 43.1. The smallest absolute Gasteiger partial charge is 0.310 e. The summed E-state index contributed by atoms with van der Waals surface area (Å²) in [6, 6.07) is 0. The molecule has 23 heavy (non-hydrogen) atoms. The van der Waals surface area contributed by atoms with Crippen LogP contribution in [0.25, 0.3) is 0 Å². The zero-order valence-electron chi connectivity index (χ0n) is 14.7. The minimum absolute atomic E-state index is 0.167. The van der Waals surface area contributed by atoms with Crippen LogP contribution in [0.5, 0.6) is 0 Å². The van der Waals surface area contributed by atoms with Crippen LogP contribution in [-0.4, -0.2) is 31.6 Å². The Morgan fingerprint density at radius 2 is 2.00 bits per heavy atom. The van der Waals surface area contributed by atoms with Crippen molar-refractivity contribution in [3.8, 4) is 0 Å². The van der Waals surface area contributed by atoms with Crippen LogP contribution in [-0.2, 0) is 19.1 Å². The molecule has 2 saturated carbocycles. The molecule has 0 aromatic carbocycles. The molecule has 0 saturated heterocycles. The van der Waals surface area contributed by atoms with E-state index in [1.165, 1.54) is 7.11 Å². The van der Waals surface area contributed by atoms with Crippen LogP contribution in [0.2, 0.25) is 0 Å². The number of Topliss-reactive ketones (excluding diaryl/α,β-unsaturated/α-hetero) is 1. The van der Waals surface area contributed by atoms with Crippen molar-refractivity contribution >= 4 is 11.8 Å². The van der Waals surface area contributed by atoms with Crippen molar-refractivity contribution in [3.63, 3.8) is 0 Å². The molecule has 2 bridgehead atoms. The molecule has 4 rings (SSSR count). The maximum Gasteiger partial charge on any atom is 0.310 e. The number of ether oxygens (including phenoxy) is 2. The van der Waals surface area contributed by atoms with Crippen molar-refractivity contribution in [3.05, 3.63) is 12.2 Å². The van der Waals surface area contributed by atoms with E-state index in [-0.39, 0.29) is 29.0 Å². The van der Waals surface area contributed by atoms with Gasteiger partial charge >= 0.3 is 5.97 Å². The van der Waals surface area contributed by atoms with Crippen LogP contribution in [0.4, 0.5) is 0 Å². The second kappa shape index (κ2) is 5.44. The fourth-order valence-corrected chi connectivity index (χ4v) is 6.05. The fourth-order valence-electron chi connectivity index (χ4n) is 6.05. The van der Waals surface area contributed by atoms with Crippen molar-refractivity contribution < 1.29 is 19.1 Å². The molecule has 0 aromatic rings. The lowest BCUT2D eigenvalue weighted by atomic mass is 9.57. The van der Waals surface area contributed by atoms with E-state index in [2.05, 4.69) is 19.1 Å². The van der Waals surface area contributed by atoms with E-state index in [0.717, 1.165) is 32.1 Å². The molecule has 4 nitrogen and oxygen atoms in total. The van der Waals surface area contributed by atoms with E-state index in [1.807, 2.05) is 6.92 Å². The molecule has 5 atom stereocenters. The number of hydrogen-bond acceptors (Lipinski definition) is 4. The van der Waals surface area contributed by atoms with Crippen LogP contribution in [0.3, 0.4) is 0 Å². The molecule has 4 aliphatic rings.